The van der Waals surface area contributed by atoms with E-state index in [1.807, 2.05) is 23.0 Å². The Hall–Kier alpha value is -2.10. The van der Waals surface area contributed by atoms with Crippen molar-refractivity contribution in [3.05, 3.63) is 47.8 Å². The number of benzene rings is 1. The first-order valence-corrected chi connectivity index (χ1v) is 7.08. The Morgan fingerprint density at radius 3 is 2.95 bits per heavy atom. The van der Waals surface area contributed by atoms with Crippen LogP contribution in [0.2, 0.25) is 0 Å². The van der Waals surface area contributed by atoms with Crippen LogP contribution in [-0.2, 0) is 11.2 Å². The Morgan fingerprint density at radius 1 is 1.40 bits per heavy atom. The molecule has 0 saturated carbocycles. The molecule has 20 heavy (non-hydrogen) atoms. The molecule has 104 valence electrons. The number of anilines is 1. The van der Waals surface area contributed by atoms with Crippen molar-refractivity contribution in [1.82, 2.24) is 9.78 Å². The number of fused-ring (bicyclic) bond motifs is 1. The molecule has 1 atom stereocenters. The van der Waals surface area contributed by atoms with Crippen molar-refractivity contribution < 1.29 is 4.79 Å². The number of carbonyl (C=O) groups excluding carboxylic acids is 1. The minimum atomic E-state index is -0.0337. The molecule has 3 rings (SSSR count). The first-order chi connectivity index (χ1) is 9.65. The zero-order chi connectivity index (χ0) is 14.1. The van der Waals surface area contributed by atoms with E-state index in [1.54, 1.807) is 6.20 Å². The van der Waals surface area contributed by atoms with Gasteiger partial charge in [-0.2, -0.15) is 5.10 Å². The van der Waals surface area contributed by atoms with Crippen LogP contribution >= 0.6 is 0 Å². The largest absolute Gasteiger partial charge is 0.323 e. The maximum Gasteiger partial charge on any atom is 0.232 e. The van der Waals surface area contributed by atoms with E-state index < -0.39 is 0 Å². The number of hydrogen-bond acceptors (Lipinski definition) is 2. The number of aromatic nitrogens is 2. The van der Waals surface area contributed by atoms with Crippen molar-refractivity contribution in [2.75, 3.05) is 5.32 Å². The quantitative estimate of drug-likeness (QED) is 0.930. The number of aryl methyl sites for hydroxylation is 1. The Labute approximate surface area is 118 Å². The average Bonchev–Trinajstić information content (AvgIpc) is 3.04. The van der Waals surface area contributed by atoms with Crippen LogP contribution in [0.4, 0.5) is 5.69 Å². The summed E-state index contributed by atoms with van der Waals surface area (Å²) >= 11 is 0. The molecule has 0 bridgehead atoms. The molecule has 0 radical (unpaired) electrons. The highest BCUT2D eigenvalue weighted by molar-refractivity contribution is 5.96. The van der Waals surface area contributed by atoms with Crippen LogP contribution in [0.25, 0.3) is 0 Å². The highest BCUT2D eigenvalue weighted by Gasteiger charge is 2.28. The number of hydrogen-bond donors (Lipinski definition) is 1. The molecule has 2 aromatic rings. The highest BCUT2D eigenvalue weighted by atomic mass is 16.1. The molecular formula is C16H19N3O. The first kappa shape index (κ1) is 12.9. The van der Waals surface area contributed by atoms with Crippen molar-refractivity contribution in [1.29, 1.82) is 0 Å². The lowest BCUT2D eigenvalue weighted by molar-refractivity contribution is -0.117. The topological polar surface area (TPSA) is 46.9 Å². The predicted molar refractivity (Wildman–Crippen MR) is 78.7 cm³/mol. The van der Waals surface area contributed by atoms with Crippen LogP contribution in [0.5, 0.6) is 0 Å². The summed E-state index contributed by atoms with van der Waals surface area (Å²) in [4.78, 5) is 12.4. The van der Waals surface area contributed by atoms with Crippen LogP contribution < -0.4 is 5.32 Å². The van der Waals surface area contributed by atoms with Crippen LogP contribution in [0.3, 0.4) is 0 Å². The van der Waals surface area contributed by atoms with E-state index in [1.165, 1.54) is 11.1 Å². The molecule has 0 aliphatic heterocycles. The number of nitrogens with one attached hydrogen (secondary N) is 1. The standard InChI is InChI=1S/C16H19N3O/c1-11(2)19-10-13(9-17-19)18-16(20)15-8-7-12-5-3-4-6-14(12)15/h3-6,9-11,15H,7-8H2,1-2H3,(H,18,20). The lowest BCUT2D eigenvalue weighted by Gasteiger charge is -2.11. The third-order valence-corrected chi connectivity index (χ3v) is 3.85. The fraction of sp³-hybridized carbons (Fsp3) is 0.375. The molecule has 1 aromatic carbocycles. The van der Waals surface area contributed by atoms with Gasteiger partial charge in [0.2, 0.25) is 5.91 Å². The normalized spacial score (nSPS) is 17.2. The molecule has 1 heterocycles. The molecule has 1 aliphatic rings. The lowest BCUT2D eigenvalue weighted by Crippen LogP contribution is -2.19. The number of amides is 1. The second-order valence-corrected chi connectivity index (χ2v) is 5.58. The van der Waals surface area contributed by atoms with Gasteiger partial charge in [-0.05, 0) is 37.8 Å². The van der Waals surface area contributed by atoms with Crippen LogP contribution in [0, 0.1) is 0 Å². The van der Waals surface area contributed by atoms with Gasteiger partial charge in [-0.15, -0.1) is 0 Å². The Morgan fingerprint density at radius 2 is 2.20 bits per heavy atom. The maximum atomic E-state index is 12.4. The van der Waals surface area contributed by atoms with Gasteiger partial charge < -0.3 is 5.32 Å². The van der Waals surface area contributed by atoms with Gasteiger partial charge in [0, 0.05) is 12.2 Å². The Bertz CT molecular complexity index is 630. The summed E-state index contributed by atoms with van der Waals surface area (Å²) in [5.74, 6) is 0.0341. The number of nitrogens with zero attached hydrogens (tertiary/aromatic N) is 2. The summed E-state index contributed by atoms with van der Waals surface area (Å²) in [7, 11) is 0. The summed E-state index contributed by atoms with van der Waals surface area (Å²) in [5, 5.41) is 7.22. The van der Waals surface area contributed by atoms with Crippen LogP contribution in [-0.4, -0.2) is 15.7 Å². The fourth-order valence-corrected chi connectivity index (χ4v) is 2.74. The van der Waals surface area contributed by atoms with Gasteiger partial charge in [0.1, 0.15) is 0 Å². The molecule has 1 aromatic heterocycles. The summed E-state index contributed by atoms with van der Waals surface area (Å²) in [5.41, 5.74) is 3.24. The summed E-state index contributed by atoms with van der Waals surface area (Å²) in [6.07, 6.45) is 5.46. The highest BCUT2D eigenvalue weighted by Crippen LogP contribution is 2.33. The second kappa shape index (κ2) is 5.12. The van der Waals surface area contributed by atoms with Gasteiger partial charge >= 0.3 is 0 Å². The fourth-order valence-electron chi connectivity index (χ4n) is 2.74. The van der Waals surface area contributed by atoms with E-state index in [9.17, 15) is 4.79 Å². The molecule has 4 nitrogen and oxygen atoms in total. The predicted octanol–water partition coefficient (Wildman–Crippen LogP) is 3.13. The number of rotatable bonds is 3. The van der Waals surface area contributed by atoms with Gasteiger partial charge in [-0.25, -0.2) is 0 Å². The smallest absolute Gasteiger partial charge is 0.232 e. The average molecular weight is 269 g/mol. The molecule has 1 N–H and O–H groups in total. The van der Waals surface area contributed by atoms with Crippen molar-refractivity contribution in [3.8, 4) is 0 Å². The third kappa shape index (κ3) is 2.33. The number of carbonyl (C=O) groups is 1. The molecule has 0 fully saturated rings. The molecule has 0 spiro atoms. The van der Waals surface area contributed by atoms with Gasteiger partial charge in [-0.3, -0.25) is 9.48 Å². The Kier molecular flexibility index (Phi) is 3.30. The van der Waals surface area contributed by atoms with Gasteiger partial charge in [0.25, 0.3) is 0 Å². The van der Waals surface area contributed by atoms with Crippen molar-refractivity contribution in [3.63, 3.8) is 0 Å². The van der Waals surface area contributed by atoms with Gasteiger partial charge in [-0.1, -0.05) is 24.3 Å². The molecule has 1 aliphatic carbocycles. The Balaban J connectivity index is 1.74. The van der Waals surface area contributed by atoms with Crippen molar-refractivity contribution in [2.24, 2.45) is 0 Å². The minimum absolute atomic E-state index is 0.0337. The van der Waals surface area contributed by atoms with E-state index >= 15 is 0 Å². The molecule has 1 unspecified atom stereocenters. The summed E-state index contributed by atoms with van der Waals surface area (Å²) in [6, 6.07) is 8.50. The van der Waals surface area contributed by atoms with Gasteiger partial charge in [0.05, 0.1) is 17.8 Å². The summed E-state index contributed by atoms with van der Waals surface area (Å²) < 4.78 is 1.85. The molecule has 4 heteroatoms. The first-order valence-electron chi connectivity index (χ1n) is 7.08. The van der Waals surface area contributed by atoms with Crippen LogP contribution in [0.15, 0.2) is 36.7 Å². The summed E-state index contributed by atoms with van der Waals surface area (Å²) in [6.45, 7) is 4.12. The SMILES string of the molecule is CC(C)n1cc(NC(=O)C2CCc3ccccc32)cn1. The van der Waals surface area contributed by atoms with Crippen LogP contribution in [0.1, 0.15) is 43.4 Å². The van der Waals surface area contributed by atoms with E-state index in [4.69, 9.17) is 0 Å². The zero-order valence-electron chi connectivity index (χ0n) is 11.8. The van der Waals surface area contributed by atoms with E-state index in [0.29, 0.717) is 6.04 Å². The molecule has 0 saturated heterocycles. The lowest BCUT2D eigenvalue weighted by atomic mass is 10.0. The monoisotopic (exact) mass is 269 g/mol. The van der Waals surface area contributed by atoms with E-state index in [0.717, 1.165) is 18.5 Å². The minimum Gasteiger partial charge on any atom is -0.323 e. The third-order valence-electron chi connectivity index (χ3n) is 3.85. The van der Waals surface area contributed by atoms with E-state index in [-0.39, 0.29) is 11.8 Å². The zero-order valence-corrected chi connectivity index (χ0v) is 11.8. The maximum absolute atomic E-state index is 12.4. The van der Waals surface area contributed by atoms with E-state index in [2.05, 4.69) is 36.4 Å². The molecule has 1 amide bonds. The van der Waals surface area contributed by atoms with Crippen molar-refractivity contribution >= 4 is 11.6 Å². The second-order valence-electron chi connectivity index (χ2n) is 5.58. The van der Waals surface area contributed by atoms with Crippen molar-refractivity contribution in [2.45, 2.75) is 38.6 Å². The molecular weight excluding hydrogens is 250 g/mol. The van der Waals surface area contributed by atoms with Gasteiger partial charge in [0.15, 0.2) is 0 Å².